The molecule has 0 aliphatic carbocycles. The monoisotopic (exact) mass is 300 g/mol. The number of hydrogen-bond acceptors (Lipinski definition) is 3. The van der Waals surface area contributed by atoms with Crippen molar-refractivity contribution in [1.29, 1.82) is 0 Å². The van der Waals surface area contributed by atoms with Crippen LogP contribution in [0.5, 0.6) is 0 Å². The lowest BCUT2D eigenvalue weighted by Crippen LogP contribution is -2.35. The number of ether oxygens (including phenoxy) is 1. The Hall–Kier alpha value is -1.10. The van der Waals surface area contributed by atoms with Gasteiger partial charge in [-0.2, -0.15) is 0 Å². The highest BCUT2D eigenvalue weighted by atomic mass is 35.5. The lowest BCUT2D eigenvalue weighted by molar-refractivity contribution is -0.117. The van der Waals surface area contributed by atoms with Gasteiger partial charge >= 0.3 is 0 Å². The summed E-state index contributed by atoms with van der Waals surface area (Å²) >= 11 is 0. The molecule has 114 valence electrons. The topological polar surface area (TPSA) is 64.4 Å². The first kappa shape index (κ1) is 18.9. The summed E-state index contributed by atoms with van der Waals surface area (Å²) in [4.78, 5) is 11.7. The second kappa shape index (κ2) is 9.75. The third-order valence-electron chi connectivity index (χ3n) is 2.74. The van der Waals surface area contributed by atoms with E-state index in [0.29, 0.717) is 13.0 Å². The van der Waals surface area contributed by atoms with Crippen LogP contribution in [0.3, 0.4) is 0 Å². The third-order valence-corrected chi connectivity index (χ3v) is 2.74. The molecule has 1 unspecified atom stereocenters. The fourth-order valence-electron chi connectivity index (χ4n) is 1.62. The van der Waals surface area contributed by atoms with Crippen molar-refractivity contribution in [2.24, 2.45) is 5.73 Å². The zero-order chi connectivity index (χ0) is 14.3. The van der Waals surface area contributed by atoms with Gasteiger partial charge in [-0.3, -0.25) is 4.79 Å². The van der Waals surface area contributed by atoms with Crippen LogP contribution in [0.15, 0.2) is 24.3 Å². The molecule has 0 aliphatic rings. The van der Waals surface area contributed by atoms with E-state index < -0.39 is 6.04 Å². The number of carbonyl (C=O) groups is 1. The fourth-order valence-corrected chi connectivity index (χ4v) is 1.62. The summed E-state index contributed by atoms with van der Waals surface area (Å²) in [5, 5.41) is 2.81. The van der Waals surface area contributed by atoms with Crippen LogP contribution >= 0.6 is 12.4 Å². The number of carbonyl (C=O) groups excluding carboxylic acids is 1. The van der Waals surface area contributed by atoms with Crippen LogP contribution in [0.1, 0.15) is 39.2 Å². The molecule has 1 aromatic rings. The number of anilines is 1. The highest BCUT2D eigenvalue weighted by Gasteiger charge is 2.11. The number of benzene rings is 1. The molecule has 0 radical (unpaired) electrons. The summed E-state index contributed by atoms with van der Waals surface area (Å²) in [6.07, 6.45) is 1.82. The first-order valence-electron chi connectivity index (χ1n) is 6.80. The average Bonchev–Trinajstić information content (AvgIpc) is 2.38. The maximum Gasteiger partial charge on any atom is 0.241 e. The van der Waals surface area contributed by atoms with Crippen molar-refractivity contribution in [3.63, 3.8) is 0 Å². The van der Waals surface area contributed by atoms with E-state index in [1.165, 1.54) is 0 Å². The Balaban J connectivity index is 0.00000361. The SMILES string of the molecule is CCCC(N)C(=O)Nc1ccc(COC(C)C)cc1.Cl. The molecule has 0 heterocycles. The van der Waals surface area contributed by atoms with Crippen LogP contribution in [0.2, 0.25) is 0 Å². The van der Waals surface area contributed by atoms with Gasteiger partial charge in [-0.15, -0.1) is 12.4 Å². The molecular weight excluding hydrogens is 276 g/mol. The largest absolute Gasteiger partial charge is 0.374 e. The first-order valence-corrected chi connectivity index (χ1v) is 6.80. The number of halogens is 1. The molecule has 0 saturated carbocycles. The van der Waals surface area contributed by atoms with Gasteiger partial charge in [-0.1, -0.05) is 25.5 Å². The first-order chi connectivity index (χ1) is 9.02. The normalized spacial score (nSPS) is 11.8. The Morgan fingerprint density at radius 1 is 1.30 bits per heavy atom. The molecule has 1 aromatic carbocycles. The lowest BCUT2D eigenvalue weighted by atomic mass is 10.1. The van der Waals surface area contributed by atoms with E-state index in [9.17, 15) is 4.79 Å². The van der Waals surface area contributed by atoms with Gasteiger partial charge in [0.25, 0.3) is 0 Å². The van der Waals surface area contributed by atoms with E-state index in [1.54, 1.807) is 0 Å². The predicted octanol–water partition coefficient (Wildman–Crippen LogP) is 3.10. The molecule has 0 fully saturated rings. The average molecular weight is 301 g/mol. The van der Waals surface area contributed by atoms with E-state index in [-0.39, 0.29) is 24.4 Å². The van der Waals surface area contributed by atoms with Crippen molar-refractivity contribution in [2.75, 3.05) is 5.32 Å². The Morgan fingerprint density at radius 3 is 2.40 bits per heavy atom. The molecule has 1 atom stereocenters. The molecule has 0 spiro atoms. The van der Waals surface area contributed by atoms with Crippen molar-refractivity contribution in [1.82, 2.24) is 0 Å². The summed E-state index contributed by atoms with van der Waals surface area (Å²) in [7, 11) is 0. The second-order valence-electron chi connectivity index (χ2n) is 4.94. The Bertz CT molecular complexity index is 393. The second-order valence-corrected chi connectivity index (χ2v) is 4.94. The molecule has 1 rings (SSSR count). The number of hydrogen-bond donors (Lipinski definition) is 2. The van der Waals surface area contributed by atoms with Crippen LogP contribution in [0.4, 0.5) is 5.69 Å². The predicted molar refractivity (Wildman–Crippen MR) is 85.1 cm³/mol. The van der Waals surface area contributed by atoms with Gasteiger partial charge < -0.3 is 15.8 Å². The minimum Gasteiger partial charge on any atom is -0.374 e. The maximum atomic E-state index is 11.7. The van der Waals surface area contributed by atoms with Gasteiger partial charge in [0.1, 0.15) is 0 Å². The summed E-state index contributed by atoms with van der Waals surface area (Å²) in [6, 6.07) is 7.20. The van der Waals surface area contributed by atoms with Crippen LogP contribution in [0.25, 0.3) is 0 Å². The standard InChI is InChI=1S/C15H24N2O2.ClH/c1-4-5-14(16)15(18)17-13-8-6-12(7-9-13)10-19-11(2)3;/h6-9,11,14H,4-5,10,16H2,1-3H3,(H,17,18);1H. The van der Waals surface area contributed by atoms with Crippen molar-refractivity contribution in [2.45, 2.75) is 52.4 Å². The zero-order valence-corrected chi connectivity index (χ0v) is 13.2. The van der Waals surface area contributed by atoms with E-state index >= 15 is 0 Å². The molecule has 1 amide bonds. The molecule has 0 saturated heterocycles. The van der Waals surface area contributed by atoms with E-state index in [0.717, 1.165) is 17.7 Å². The molecule has 0 aliphatic heterocycles. The van der Waals surface area contributed by atoms with Crippen molar-refractivity contribution < 1.29 is 9.53 Å². The highest BCUT2D eigenvalue weighted by Crippen LogP contribution is 2.11. The summed E-state index contributed by atoms with van der Waals surface area (Å²) in [6.45, 7) is 6.60. The maximum absolute atomic E-state index is 11.7. The molecule has 3 N–H and O–H groups in total. The summed E-state index contributed by atoms with van der Waals surface area (Å²) in [5.74, 6) is -0.131. The van der Waals surface area contributed by atoms with E-state index in [1.807, 2.05) is 45.0 Å². The van der Waals surface area contributed by atoms with Gasteiger partial charge in [-0.05, 0) is 38.0 Å². The van der Waals surface area contributed by atoms with Gasteiger partial charge in [0.05, 0.1) is 18.8 Å². The summed E-state index contributed by atoms with van der Waals surface area (Å²) in [5.41, 5.74) is 7.61. The molecule has 4 nitrogen and oxygen atoms in total. The number of amides is 1. The number of nitrogens with two attached hydrogens (primary N) is 1. The van der Waals surface area contributed by atoms with E-state index in [4.69, 9.17) is 10.5 Å². The zero-order valence-electron chi connectivity index (χ0n) is 12.4. The summed E-state index contributed by atoms with van der Waals surface area (Å²) < 4.78 is 5.51. The van der Waals surface area contributed by atoms with Gasteiger partial charge in [0, 0.05) is 5.69 Å². The molecule has 0 bridgehead atoms. The van der Waals surface area contributed by atoms with Crippen LogP contribution in [0, 0.1) is 0 Å². The molecule has 5 heteroatoms. The quantitative estimate of drug-likeness (QED) is 0.813. The van der Waals surface area contributed by atoms with Gasteiger partial charge in [0.15, 0.2) is 0 Å². The highest BCUT2D eigenvalue weighted by molar-refractivity contribution is 5.94. The number of rotatable bonds is 7. The third kappa shape index (κ3) is 6.89. The van der Waals surface area contributed by atoms with Crippen LogP contribution in [-0.4, -0.2) is 18.1 Å². The van der Waals surface area contributed by atoms with Crippen LogP contribution < -0.4 is 11.1 Å². The Morgan fingerprint density at radius 2 is 1.90 bits per heavy atom. The van der Waals surface area contributed by atoms with Crippen molar-refractivity contribution in [3.8, 4) is 0 Å². The van der Waals surface area contributed by atoms with Gasteiger partial charge in [0.2, 0.25) is 5.91 Å². The Kier molecular flexibility index (Phi) is 9.21. The number of nitrogens with one attached hydrogen (secondary N) is 1. The van der Waals surface area contributed by atoms with Crippen molar-refractivity contribution in [3.05, 3.63) is 29.8 Å². The lowest BCUT2D eigenvalue weighted by Gasteiger charge is -2.12. The molecule has 0 aromatic heterocycles. The fraction of sp³-hybridized carbons (Fsp3) is 0.533. The van der Waals surface area contributed by atoms with Crippen LogP contribution in [-0.2, 0) is 16.1 Å². The van der Waals surface area contributed by atoms with E-state index in [2.05, 4.69) is 5.32 Å². The minimum atomic E-state index is -0.436. The smallest absolute Gasteiger partial charge is 0.241 e. The Labute approximate surface area is 127 Å². The minimum absolute atomic E-state index is 0. The van der Waals surface area contributed by atoms with Gasteiger partial charge in [-0.25, -0.2) is 0 Å². The molecular formula is C15H25ClN2O2. The molecule has 20 heavy (non-hydrogen) atoms. The van der Waals surface area contributed by atoms with Crippen molar-refractivity contribution >= 4 is 24.0 Å².